The first-order valence-electron chi connectivity index (χ1n) is 5.42. The Morgan fingerprint density at radius 2 is 2.33 bits per heavy atom. The van der Waals surface area contributed by atoms with Crippen molar-refractivity contribution in [2.45, 2.75) is 6.54 Å². The summed E-state index contributed by atoms with van der Waals surface area (Å²) in [5, 5.41) is 5.61. The zero-order valence-corrected chi connectivity index (χ0v) is 10.2. The average Bonchev–Trinajstić information content (AvgIpc) is 3.05. The number of aromatic amines is 1. The molecular weight excluding hydrogens is 248 g/mol. The number of hydrogen-bond donors (Lipinski definition) is 2. The van der Waals surface area contributed by atoms with Crippen LogP contribution in [-0.4, -0.2) is 20.9 Å². The molecule has 0 unspecified atom stereocenters. The minimum atomic E-state index is -0.110. The zero-order chi connectivity index (χ0) is 12.4. The molecule has 90 valence electrons. The molecule has 0 fully saturated rings. The van der Waals surface area contributed by atoms with Gasteiger partial charge in [0.05, 0.1) is 23.9 Å². The summed E-state index contributed by atoms with van der Waals surface area (Å²) in [5.41, 5.74) is 2.33. The number of thiazole rings is 1. The third-order valence-electron chi connectivity index (χ3n) is 2.57. The molecule has 2 aromatic heterocycles. The number of amides is 1. The van der Waals surface area contributed by atoms with E-state index in [1.165, 1.54) is 11.3 Å². The fourth-order valence-electron chi connectivity index (χ4n) is 1.68. The molecule has 1 aromatic carbocycles. The summed E-state index contributed by atoms with van der Waals surface area (Å²) in [6.07, 6.45) is 3.34. The van der Waals surface area contributed by atoms with E-state index in [-0.39, 0.29) is 5.91 Å². The van der Waals surface area contributed by atoms with Gasteiger partial charge >= 0.3 is 0 Å². The zero-order valence-electron chi connectivity index (χ0n) is 9.38. The van der Waals surface area contributed by atoms with E-state index in [0.717, 1.165) is 16.0 Å². The summed E-state index contributed by atoms with van der Waals surface area (Å²) >= 11 is 1.52. The lowest BCUT2D eigenvalue weighted by atomic mass is 10.2. The quantitative estimate of drug-likeness (QED) is 0.754. The molecule has 0 bridgehead atoms. The van der Waals surface area contributed by atoms with Gasteiger partial charge in [-0.3, -0.25) is 4.79 Å². The first-order chi connectivity index (χ1) is 8.83. The van der Waals surface area contributed by atoms with Crippen LogP contribution >= 0.6 is 11.3 Å². The van der Waals surface area contributed by atoms with Gasteiger partial charge in [0, 0.05) is 17.1 Å². The predicted molar refractivity (Wildman–Crippen MR) is 69.4 cm³/mol. The molecule has 2 heterocycles. The maximum Gasteiger partial charge on any atom is 0.251 e. The Bertz CT molecular complexity index is 674. The van der Waals surface area contributed by atoms with Crippen LogP contribution in [0, 0.1) is 0 Å². The van der Waals surface area contributed by atoms with Crippen molar-refractivity contribution in [3.8, 4) is 0 Å². The molecule has 0 atom stereocenters. The van der Waals surface area contributed by atoms with E-state index in [4.69, 9.17) is 0 Å². The number of carbonyl (C=O) groups is 1. The highest BCUT2D eigenvalue weighted by Crippen LogP contribution is 2.11. The average molecular weight is 258 g/mol. The molecule has 18 heavy (non-hydrogen) atoms. The van der Waals surface area contributed by atoms with Gasteiger partial charge in [0.25, 0.3) is 5.91 Å². The molecule has 1 amide bonds. The molecule has 3 aromatic rings. The number of rotatable bonds is 3. The SMILES string of the molecule is O=C(NCc1nccs1)c1ccc2nc[nH]c2c1. The number of fused-ring (bicyclic) bond motifs is 1. The minimum Gasteiger partial charge on any atom is -0.346 e. The molecule has 6 heteroatoms. The summed E-state index contributed by atoms with van der Waals surface area (Å²) in [6.45, 7) is 0.456. The largest absolute Gasteiger partial charge is 0.346 e. The highest BCUT2D eigenvalue weighted by molar-refractivity contribution is 7.09. The van der Waals surface area contributed by atoms with E-state index in [1.54, 1.807) is 24.7 Å². The van der Waals surface area contributed by atoms with Crippen molar-refractivity contribution in [1.29, 1.82) is 0 Å². The van der Waals surface area contributed by atoms with Crippen LogP contribution in [0.4, 0.5) is 0 Å². The van der Waals surface area contributed by atoms with Gasteiger partial charge in [-0.05, 0) is 18.2 Å². The van der Waals surface area contributed by atoms with Crippen molar-refractivity contribution >= 4 is 28.3 Å². The monoisotopic (exact) mass is 258 g/mol. The number of H-pyrrole nitrogens is 1. The topological polar surface area (TPSA) is 70.7 Å². The molecule has 3 rings (SSSR count). The lowest BCUT2D eigenvalue weighted by molar-refractivity contribution is 0.0951. The second kappa shape index (κ2) is 4.58. The lowest BCUT2D eigenvalue weighted by Crippen LogP contribution is -2.22. The number of benzene rings is 1. The van der Waals surface area contributed by atoms with Gasteiger partial charge in [-0.2, -0.15) is 0 Å². The van der Waals surface area contributed by atoms with Crippen molar-refractivity contribution in [2.24, 2.45) is 0 Å². The Morgan fingerprint density at radius 1 is 1.39 bits per heavy atom. The highest BCUT2D eigenvalue weighted by atomic mass is 32.1. The molecule has 0 saturated heterocycles. The van der Waals surface area contributed by atoms with Crippen molar-refractivity contribution in [3.05, 3.63) is 46.7 Å². The maximum atomic E-state index is 11.9. The van der Waals surface area contributed by atoms with E-state index in [0.29, 0.717) is 12.1 Å². The van der Waals surface area contributed by atoms with Gasteiger partial charge in [-0.25, -0.2) is 9.97 Å². The van der Waals surface area contributed by atoms with E-state index in [9.17, 15) is 4.79 Å². The summed E-state index contributed by atoms with van der Waals surface area (Å²) < 4.78 is 0. The van der Waals surface area contributed by atoms with Crippen LogP contribution in [0.3, 0.4) is 0 Å². The Balaban J connectivity index is 1.75. The van der Waals surface area contributed by atoms with Crippen LogP contribution in [0.5, 0.6) is 0 Å². The van der Waals surface area contributed by atoms with Crippen molar-refractivity contribution in [1.82, 2.24) is 20.3 Å². The Morgan fingerprint density at radius 3 is 3.17 bits per heavy atom. The second-order valence-electron chi connectivity index (χ2n) is 3.74. The van der Waals surface area contributed by atoms with E-state index < -0.39 is 0 Å². The first kappa shape index (κ1) is 10.9. The lowest BCUT2D eigenvalue weighted by Gasteiger charge is -2.03. The van der Waals surface area contributed by atoms with Crippen molar-refractivity contribution in [2.75, 3.05) is 0 Å². The number of carbonyl (C=O) groups excluding carboxylic acids is 1. The molecule has 0 spiro atoms. The van der Waals surface area contributed by atoms with Crippen LogP contribution < -0.4 is 5.32 Å². The maximum absolute atomic E-state index is 11.9. The van der Waals surface area contributed by atoms with Crippen LogP contribution in [0.2, 0.25) is 0 Å². The third-order valence-corrected chi connectivity index (χ3v) is 3.35. The van der Waals surface area contributed by atoms with E-state index >= 15 is 0 Å². The summed E-state index contributed by atoms with van der Waals surface area (Å²) in [7, 11) is 0. The number of nitrogens with zero attached hydrogens (tertiary/aromatic N) is 2. The van der Waals surface area contributed by atoms with Gasteiger partial charge in [0.15, 0.2) is 0 Å². The van der Waals surface area contributed by atoms with Crippen LogP contribution in [-0.2, 0) is 6.54 Å². The fraction of sp³-hybridized carbons (Fsp3) is 0.0833. The smallest absolute Gasteiger partial charge is 0.251 e. The van der Waals surface area contributed by atoms with Crippen molar-refractivity contribution < 1.29 is 4.79 Å². The normalized spacial score (nSPS) is 10.7. The summed E-state index contributed by atoms with van der Waals surface area (Å²) in [6, 6.07) is 5.38. The first-order valence-corrected chi connectivity index (χ1v) is 6.30. The number of aromatic nitrogens is 3. The van der Waals surface area contributed by atoms with Crippen LogP contribution in [0.15, 0.2) is 36.1 Å². The van der Waals surface area contributed by atoms with Gasteiger partial charge in [0.1, 0.15) is 5.01 Å². The fourth-order valence-corrected chi connectivity index (χ4v) is 2.23. The van der Waals surface area contributed by atoms with E-state index in [2.05, 4.69) is 20.3 Å². The third kappa shape index (κ3) is 2.10. The highest BCUT2D eigenvalue weighted by Gasteiger charge is 2.07. The number of imidazole rings is 1. The molecule has 0 saturated carbocycles. The second-order valence-corrected chi connectivity index (χ2v) is 4.72. The molecular formula is C12H10N4OS. The Labute approximate surface area is 107 Å². The minimum absolute atomic E-state index is 0.110. The molecule has 0 radical (unpaired) electrons. The Hall–Kier alpha value is -2.21. The number of nitrogens with one attached hydrogen (secondary N) is 2. The molecule has 2 N–H and O–H groups in total. The van der Waals surface area contributed by atoms with Gasteiger partial charge in [0.2, 0.25) is 0 Å². The van der Waals surface area contributed by atoms with E-state index in [1.807, 2.05) is 11.4 Å². The number of hydrogen-bond acceptors (Lipinski definition) is 4. The molecule has 5 nitrogen and oxygen atoms in total. The van der Waals surface area contributed by atoms with Crippen molar-refractivity contribution in [3.63, 3.8) is 0 Å². The molecule has 0 aliphatic rings. The van der Waals surface area contributed by atoms with Gasteiger partial charge in [-0.15, -0.1) is 11.3 Å². The van der Waals surface area contributed by atoms with Crippen LogP contribution in [0.25, 0.3) is 11.0 Å². The Kier molecular flexibility index (Phi) is 2.77. The van der Waals surface area contributed by atoms with Gasteiger partial charge < -0.3 is 10.3 Å². The summed E-state index contributed by atoms with van der Waals surface area (Å²) in [4.78, 5) is 23.1. The van der Waals surface area contributed by atoms with Gasteiger partial charge in [-0.1, -0.05) is 0 Å². The molecule has 0 aliphatic carbocycles. The summed E-state index contributed by atoms with van der Waals surface area (Å²) in [5.74, 6) is -0.110. The van der Waals surface area contributed by atoms with Crippen LogP contribution in [0.1, 0.15) is 15.4 Å². The molecule has 0 aliphatic heterocycles. The standard InChI is InChI=1S/C12H10N4OS/c17-12(14-6-11-13-3-4-18-11)8-1-2-9-10(5-8)16-7-15-9/h1-5,7H,6H2,(H,14,17)(H,15,16). The predicted octanol–water partition coefficient (Wildman–Crippen LogP) is 1.95.